The predicted molar refractivity (Wildman–Crippen MR) is 145 cm³/mol. The summed E-state index contributed by atoms with van der Waals surface area (Å²) in [6.07, 6.45) is 1.71. The van der Waals surface area contributed by atoms with E-state index in [1.54, 1.807) is 22.8 Å². The summed E-state index contributed by atoms with van der Waals surface area (Å²) >= 11 is 0. The molecule has 1 unspecified atom stereocenters. The number of nitrogens with zero attached hydrogens (tertiary/aromatic N) is 1. The van der Waals surface area contributed by atoms with Crippen molar-refractivity contribution in [2.45, 2.75) is 25.4 Å². The third-order valence-corrected chi connectivity index (χ3v) is 7.07. The van der Waals surface area contributed by atoms with E-state index in [9.17, 15) is 9.59 Å². The summed E-state index contributed by atoms with van der Waals surface area (Å²) in [5.74, 6) is 1.89. The van der Waals surface area contributed by atoms with Crippen LogP contribution < -0.4 is 35.1 Å². The number of hydrogen-bond acceptors (Lipinski definition) is 8. The molecule has 0 saturated carbocycles. The molecule has 3 heterocycles. The molecule has 37 heavy (non-hydrogen) atoms. The first kappa shape index (κ1) is 27.1. The van der Waals surface area contributed by atoms with E-state index in [4.69, 9.17) is 18.9 Å². The fraction of sp³-hybridized carbons (Fsp3) is 0.385. The number of carbonyl (C=O) groups is 1. The molecule has 0 bridgehead atoms. The predicted octanol–water partition coefficient (Wildman–Crippen LogP) is 3.14. The van der Waals surface area contributed by atoms with Gasteiger partial charge in [-0.1, -0.05) is 0 Å². The van der Waals surface area contributed by atoms with E-state index >= 15 is 0 Å². The molecule has 1 fully saturated rings. The zero-order chi connectivity index (χ0) is 24.1. The van der Waals surface area contributed by atoms with Gasteiger partial charge in [-0.2, -0.15) is 0 Å². The van der Waals surface area contributed by atoms with Crippen molar-refractivity contribution < 1.29 is 23.7 Å². The van der Waals surface area contributed by atoms with Crippen LogP contribution >= 0.6 is 24.8 Å². The molecule has 0 radical (unpaired) electrons. The molecule has 1 aliphatic carbocycles. The number of hydrogen-bond donors (Lipinski definition) is 2. The largest absolute Gasteiger partial charge is 0.493 e. The van der Waals surface area contributed by atoms with Crippen LogP contribution in [0.2, 0.25) is 0 Å². The van der Waals surface area contributed by atoms with Gasteiger partial charge < -0.3 is 34.1 Å². The summed E-state index contributed by atoms with van der Waals surface area (Å²) in [5.41, 5.74) is 2.17. The van der Waals surface area contributed by atoms with E-state index in [1.165, 1.54) is 14.2 Å². The van der Waals surface area contributed by atoms with Gasteiger partial charge in [0.2, 0.25) is 6.79 Å². The van der Waals surface area contributed by atoms with Crippen molar-refractivity contribution in [1.29, 1.82) is 0 Å². The standard InChI is InChI=1S/C26H27N3O6.2ClH/c1-32-19-8-15-18(11-20(19)33-2)26(31)29(7-3-4-14-12-27-5-6-28-14)24-16-9-21-22(35-13-34-21)10-17(16)25(30)23(15)24;;/h8-11,14,27-28H,3-7,12-13H2,1-2H3;2*1H. The zero-order valence-corrected chi connectivity index (χ0v) is 22.2. The second kappa shape index (κ2) is 10.8. The molecular formula is C26H29Cl2N3O6. The molecule has 1 aromatic heterocycles. The summed E-state index contributed by atoms with van der Waals surface area (Å²) in [6, 6.07) is 7.29. The number of carbonyl (C=O) groups excluding carboxylic acids is 1. The Morgan fingerprint density at radius 3 is 2.27 bits per heavy atom. The smallest absolute Gasteiger partial charge is 0.259 e. The van der Waals surface area contributed by atoms with Crippen LogP contribution in [0.3, 0.4) is 0 Å². The summed E-state index contributed by atoms with van der Waals surface area (Å²) in [5, 5.41) is 7.90. The Kier molecular flexibility index (Phi) is 7.89. The van der Waals surface area contributed by atoms with Gasteiger partial charge in [0.1, 0.15) is 0 Å². The number of benzene rings is 2. The SMILES string of the molecule is COc1cc2c3c(n(CCCC4CNCCN4)c(=O)c2cc1OC)-c1cc2c(cc1C3=O)OCO2.Cl.Cl. The highest BCUT2D eigenvalue weighted by Crippen LogP contribution is 2.46. The van der Waals surface area contributed by atoms with Gasteiger partial charge >= 0.3 is 0 Å². The Morgan fingerprint density at radius 1 is 0.946 bits per heavy atom. The molecule has 2 aliphatic heterocycles. The van der Waals surface area contributed by atoms with E-state index in [1.807, 2.05) is 6.07 Å². The normalized spacial score (nSPS) is 17.0. The molecule has 1 atom stereocenters. The maximum absolute atomic E-state index is 13.9. The fourth-order valence-corrected chi connectivity index (χ4v) is 5.37. The monoisotopic (exact) mass is 549 g/mol. The summed E-state index contributed by atoms with van der Waals surface area (Å²) in [7, 11) is 3.07. The van der Waals surface area contributed by atoms with Gasteiger partial charge in [0.25, 0.3) is 5.56 Å². The lowest BCUT2D eigenvalue weighted by molar-refractivity contribution is 0.104. The van der Waals surface area contributed by atoms with Gasteiger partial charge in [-0.3, -0.25) is 9.59 Å². The van der Waals surface area contributed by atoms with Crippen molar-refractivity contribution in [3.8, 4) is 34.3 Å². The number of halogens is 2. The van der Waals surface area contributed by atoms with Crippen molar-refractivity contribution in [2.24, 2.45) is 0 Å². The molecule has 0 amide bonds. The molecule has 198 valence electrons. The summed E-state index contributed by atoms with van der Waals surface area (Å²) in [4.78, 5) is 27.6. The van der Waals surface area contributed by atoms with Crippen LogP contribution in [0.4, 0.5) is 0 Å². The molecule has 0 spiro atoms. The number of aromatic nitrogens is 1. The van der Waals surface area contributed by atoms with Crippen LogP contribution in [0.15, 0.2) is 29.1 Å². The quantitative estimate of drug-likeness (QED) is 0.378. The molecule has 11 heteroatoms. The number of fused-ring (bicyclic) bond motifs is 6. The third kappa shape index (κ3) is 4.40. The van der Waals surface area contributed by atoms with Crippen LogP contribution in [-0.4, -0.2) is 57.0 Å². The van der Waals surface area contributed by atoms with Crippen molar-refractivity contribution in [2.75, 3.05) is 40.6 Å². The minimum atomic E-state index is -0.159. The second-order valence-corrected chi connectivity index (χ2v) is 9.01. The number of pyridine rings is 1. The van der Waals surface area contributed by atoms with Gasteiger partial charge in [-0.15, -0.1) is 24.8 Å². The van der Waals surface area contributed by atoms with Crippen molar-refractivity contribution in [3.63, 3.8) is 0 Å². The van der Waals surface area contributed by atoms with Gasteiger partial charge in [0, 0.05) is 48.7 Å². The van der Waals surface area contributed by atoms with E-state index in [-0.39, 0.29) is 42.9 Å². The Labute approximate surface area is 226 Å². The fourth-order valence-electron chi connectivity index (χ4n) is 5.37. The van der Waals surface area contributed by atoms with Crippen LogP contribution in [0.5, 0.6) is 23.0 Å². The van der Waals surface area contributed by atoms with Gasteiger partial charge in [-0.25, -0.2) is 0 Å². The zero-order valence-electron chi connectivity index (χ0n) is 20.5. The second-order valence-electron chi connectivity index (χ2n) is 9.01. The summed E-state index contributed by atoms with van der Waals surface area (Å²) < 4.78 is 23.8. The highest BCUT2D eigenvalue weighted by Gasteiger charge is 2.35. The van der Waals surface area contributed by atoms with Crippen LogP contribution in [0.1, 0.15) is 28.8 Å². The number of ketones is 1. The summed E-state index contributed by atoms with van der Waals surface area (Å²) in [6.45, 7) is 3.42. The van der Waals surface area contributed by atoms with Gasteiger partial charge in [0.15, 0.2) is 28.8 Å². The van der Waals surface area contributed by atoms with E-state index < -0.39 is 0 Å². The van der Waals surface area contributed by atoms with Crippen molar-refractivity contribution in [3.05, 3.63) is 45.7 Å². The number of piperazine rings is 1. The molecular weight excluding hydrogens is 521 g/mol. The Morgan fingerprint density at radius 2 is 1.62 bits per heavy atom. The average Bonchev–Trinajstić information content (AvgIpc) is 3.46. The van der Waals surface area contributed by atoms with E-state index in [0.717, 1.165) is 32.5 Å². The van der Waals surface area contributed by atoms with Crippen LogP contribution in [0, 0.1) is 0 Å². The minimum Gasteiger partial charge on any atom is -0.493 e. The average molecular weight is 550 g/mol. The molecule has 3 aliphatic rings. The van der Waals surface area contributed by atoms with Gasteiger partial charge in [-0.05, 0) is 37.1 Å². The first-order chi connectivity index (χ1) is 17.1. The Hall–Kier alpha value is -2.98. The number of rotatable bonds is 6. The highest BCUT2D eigenvalue weighted by molar-refractivity contribution is 6.27. The van der Waals surface area contributed by atoms with E-state index in [2.05, 4.69) is 10.6 Å². The molecule has 2 N–H and O–H groups in total. The number of methoxy groups -OCH3 is 2. The Bertz CT molecular complexity index is 1420. The molecule has 2 aromatic carbocycles. The van der Waals surface area contributed by atoms with E-state index in [0.29, 0.717) is 68.7 Å². The molecule has 3 aromatic rings. The van der Waals surface area contributed by atoms with Crippen LogP contribution in [-0.2, 0) is 6.54 Å². The van der Waals surface area contributed by atoms with Crippen molar-refractivity contribution >= 4 is 41.4 Å². The molecule has 6 rings (SSSR count). The first-order valence-corrected chi connectivity index (χ1v) is 11.9. The Balaban J connectivity index is 0.00000160. The minimum absolute atomic E-state index is 0. The number of ether oxygens (including phenoxy) is 4. The molecule has 1 saturated heterocycles. The highest BCUT2D eigenvalue weighted by atomic mass is 35.5. The lowest BCUT2D eigenvalue weighted by Crippen LogP contribution is -2.48. The van der Waals surface area contributed by atoms with Crippen LogP contribution in [0.25, 0.3) is 22.0 Å². The third-order valence-electron chi connectivity index (χ3n) is 7.07. The number of nitrogens with one attached hydrogen (secondary N) is 2. The first-order valence-electron chi connectivity index (χ1n) is 11.9. The molecule has 9 nitrogen and oxygen atoms in total. The lowest BCUT2D eigenvalue weighted by Gasteiger charge is -2.24. The topological polar surface area (TPSA) is 100 Å². The lowest BCUT2D eigenvalue weighted by atomic mass is 10.0. The maximum atomic E-state index is 13.9. The van der Waals surface area contributed by atoms with Gasteiger partial charge in [0.05, 0.1) is 30.9 Å². The van der Waals surface area contributed by atoms with Crippen molar-refractivity contribution in [1.82, 2.24) is 15.2 Å². The maximum Gasteiger partial charge on any atom is 0.259 e.